The first-order chi connectivity index (χ1) is 5.85. The van der Waals surface area contributed by atoms with Crippen molar-refractivity contribution in [3.63, 3.8) is 0 Å². The van der Waals surface area contributed by atoms with Crippen molar-refractivity contribution in [2.75, 3.05) is 33.9 Å². The minimum Gasteiger partial charge on any atom is -0.383 e. The molecule has 3 nitrogen and oxygen atoms in total. The van der Waals surface area contributed by atoms with E-state index < -0.39 is 0 Å². The predicted molar refractivity (Wildman–Crippen MR) is 50.5 cm³/mol. The van der Waals surface area contributed by atoms with Crippen LogP contribution in [0.25, 0.3) is 0 Å². The second-order valence-electron chi connectivity index (χ2n) is 2.84. The molecule has 0 aromatic rings. The third-order valence-electron chi connectivity index (χ3n) is 1.80. The molecule has 1 N–H and O–H groups in total. The van der Waals surface area contributed by atoms with Crippen molar-refractivity contribution in [3.05, 3.63) is 0 Å². The van der Waals surface area contributed by atoms with Gasteiger partial charge in [0, 0.05) is 27.3 Å². The molecular formula is C9H21NO2. The molecule has 0 spiro atoms. The zero-order valence-corrected chi connectivity index (χ0v) is 8.43. The van der Waals surface area contributed by atoms with Gasteiger partial charge in [0.2, 0.25) is 0 Å². The Morgan fingerprint density at radius 3 is 2.58 bits per heavy atom. The number of hydrogen-bond donors (Lipinski definition) is 1. The van der Waals surface area contributed by atoms with Gasteiger partial charge >= 0.3 is 0 Å². The molecule has 0 aliphatic carbocycles. The average Bonchev–Trinajstić information content (AvgIpc) is 2.10. The molecule has 0 heterocycles. The van der Waals surface area contributed by atoms with Gasteiger partial charge in [-0.25, -0.2) is 0 Å². The monoisotopic (exact) mass is 175 g/mol. The van der Waals surface area contributed by atoms with Crippen LogP contribution in [0.4, 0.5) is 0 Å². The maximum Gasteiger partial charge on any atom is 0.0695 e. The van der Waals surface area contributed by atoms with Crippen LogP contribution in [0.1, 0.15) is 19.8 Å². The van der Waals surface area contributed by atoms with Gasteiger partial charge in [0.25, 0.3) is 0 Å². The summed E-state index contributed by atoms with van der Waals surface area (Å²) in [6.07, 6.45) is 2.65. The summed E-state index contributed by atoms with van der Waals surface area (Å²) in [6.45, 7) is 4.76. The van der Waals surface area contributed by atoms with Crippen LogP contribution >= 0.6 is 0 Å². The molecule has 0 saturated heterocycles. The highest BCUT2D eigenvalue weighted by molar-refractivity contribution is 4.59. The van der Waals surface area contributed by atoms with Crippen LogP contribution in [-0.4, -0.2) is 40.0 Å². The molecule has 1 atom stereocenters. The molecule has 12 heavy (non-hydrogen) atoms. The Kier molecular flexibility index (Phi) is 8.88. The average molecular weight is 175 g/mol. The van der Waals surface area contributed by atoms with Gasteiger partial charge in [-0.3, -0.25) is 0 Å². The first-order valence-corrected chi connectivity index (χ1v) is 4.57. The molecule has 3 heteroatoms. The van der Waals surface area contributed by atoms with E-state index in [9.17, 15) is 0 Å². The molecule has 0 aromatic carbocycles. The highest BCUT2D eigenvalue weighted by Crippen LogP contribution is 1.98. The van der Waals surface area contributed by atoms with Crippen molar-refractivity contribution in [3.8, 4) is 0 Å². The number of ether oxygens (including phenoxy) is 2. The Labute approximate surface area is 75.4 Å². The van der Waals surface area contributed by atoms with Gasteiger partial charge in [0.05, 0.1) is 12.7 Å². The second kappa shape index (κ2) is 8.97. The third kappa shape index (κ3) is 6.58. The predicted octanol–water partition coefficient (Wildman–Crippen LogP) is 1.04. The quantitative estimate of drug-likeness (QED) is 0.559. The van der Waals surface area contributed by atoms with E-state index >= 15 is 0 Å². The van der Waals surface area contributed by atoms with Crippen LogP contribution in [0.3, 0.4) is 0 Å². The fraction of sp³-hybridized carbons (Fsp3) is 1.00. The van der Waals surface area contributed by atoms with E-state index in [0.29, 0.717) is 6.10 Å². The van der Waals surface area contributed by atoms with Gasteiger partial charge in [-0.15, -0.1) is 0 Å². The fourth-order valence-corrected chi connectivity index (χ4v) is 1.06. The molecule has 0 aliphatic rings. The van der Waals surface area contributed by atoms with Gasteiger partial charge in [-0.05, 0) is 6.42 Å². The highest BCUT2D eigenvalue weighted by atomic mass is 16.5. The van der Waals surface area contributed by atoms with Crippen LogP contribution in [0.5, 0.6) is 0 Å². The van der Waals surface area contributed by atoms with E-state index in [1.807, 2.05) is 0 Å². The maximum absolute atomic E-state index is 5.27. The molecule has 0 rings (SSSR count). The van der Waals surface area contributed by atoms with E-state index in [4.69, 9.17) is 9.47 Å². The van der Waals surface area contributed by atoms with Crippen molar-refractivity contribution >= 4 is 0 Å². The third-order valence-corrected chi connectivity index (χ3v) is 1.80. The molecule has 0 bridgehead atoms. The molecular weight excluding hydrogens is 154 g/mol. The minimum atomic E-state index is 0.354. The smallest absolute Gasteiger partial charge is 0.0695 e. The lowest BCUT2D eigenvalue weighted by Crippen LogP contribution is -2.30. The molecule has 74 valence electrons. The Morgan fingerprint density at radius 2 is 2.08 bits per heavy atom. The van der Waals surface area contributed by atoms with Crippen molar-refractivity contribution < 1.29 is 9.47 Å². The Hall–Kier alpha value is -0.120. The Balaban J connectivity index is 3.19. The first-order valence-electron chi connectivity index (χ1n) is 4.57. The number of nitrogens with one attached hydrogen (secondary N) is 1. The summed E-state index contributed by atoms with van der Waals surface area (Å²) >= 11 is 0. The number of rotatable bonds is 8. The van der Waals surface area contributed by atoms with Gasteiger partial charge in [-0.1, -0.05) is 13.3 Å². The van der Waals surface area contributed by atoms with Crippen molar-refractivity contribution in [1.82, 2.24) is 5.32 Å². The first kappa shape index (κ1) is 11.9. The molecule has 0 aromatic heterocycles. The molecule has 1 unspecified atom stereocenters. The largest absolute Gasteiger partial charge is 0.383 e. The van der Waals surface area contributed by atoms with Gasteiger partial charge in [-0.2, -0.15) is 0 Å². The van der Waals surface area contributed by atoms with E-state index in [2.05, 4.69) is 12.2 Å². The number of methoxy groups -OCH3 is 2. The van der Waals surface area contributed by atoms with E-state index in [1.165, 1.54) is 6.42 Å². The molecule has 0 aliphatic heterocycles. The topological polar surface area (TPSA) is 30.5 Å². The highest BCUT2D eigenvalue weighted by Gasteiger charge is 2.03. The summed E-state index contributed by atoms with van der Waals surface area (Å²) in [5, 5.41) is 3.27. The summed E-state index contributed by atoms with van der Waals surface area (Å²) in [6, 6.07) is 0. The van der Waals surface area contributed by atoms with E-state index in [0.717, 1.165) is 26.1 Å². The summed E-state index contributed by atoms with van der Waals surface area (Å²) in [7, 11) is 3.47. The lowest BCUT2D eigenvalue weighted by molar-refractivity contribution is 0.0914. The lowest BCUT2D eigenvalue weighted by atomic mass is 10.2. The van der Waals surface area contributed by atoms with Crippen LogP contribution < -0.4 is 5.32 Å². The molecule has 0 amide bonds. The maximum atomic E-state index is 5.27. The lowest BCUT2D eigenvalue weighted by Gasteiger charge is -2.14. The minimum absolute atomic E-state index is 0.354. The van der Waals surface area contributed by atoms with Crippen LogP contribution in [0, 0.1) is 0 Å². The molecule has 0 fully saturated rings. The summed E-state index contributed by atoms with van der Waals surface area (Å²) < 4.78 is 10.2. The second-order valence-corrected chi connectivity index (χ2v) is 2.84. The van der Waals surface area contributed by atoms with Gasteiger partial charge in [0.1, 0.15) is 0 Å². The normalized spacial score (nSPS) is 13.2. The zero-order chi connectivity index (χ0) is 9.23. The molecule has 0 saturated carbocycles. The van der Waals surface area contributed by atoms with Crippen LogP contribution in [0.2, 0.25) is 0 Å². The van der Waals surface area contributed by atoms with Crippen molar-refractivity contribution in [2.45, 2.75) is 25.9 Å². The van der Waals surface area contributed by atoms with E-state index in [-0.39, 0.29) is 0 Å². The number of hydrogen-bond acceptors (Lipinski definition) is 3. The standard InChI is InChI=1S/C9H21NO2/c1-4-5-9(12-3)8-10-6-7-11-2/h9-10H,4-8H2,1-3H3. The Bertz CT molecular complexity index is 88.6. The van der Waals surface area contributed by atoms with Gasteiger partial charge in [0.15, 0.2) is 0 Å². The fourth-order valence-electron chi connectivity index (χ4n) is 1.06. The summed E-state index contributed by atoms with van der Waals surface area (Å²) in [5.74, 6) is 0. The zero-order valence-electron chi connectivity index (χ0n) is 8.43. The van der Waals surface area contributed by atoms with Crippen molar-refractivity contribution in [2.24, 2.45) is 0 Å². The van der Waals surface area contributed by atoms with Gasteiger partial charge < -0.3 is 14.8 Å². The van der Waals surface area contributed by atoms with Crippen LogP contribution in [-0.2, 0) is 9.47 Å². The van der Waals surface area contributed by atoms with Crippen molar-refractivity contribution in [1.29, 1.82) is 0 Å². The Morgan fingerprint density at radius 1 is 1.33 bits per heavy atom. The summed E-state index contributed by atoms with van der Waals surface area (Å²) in [4.78, 5) is 0. The van der Waals surface area contributed by atoms with Crippen LogP contribution in [0.15, 0.2) is 0 Å². The molecule has 0 radical (unpaired) electrons. The van der Waals surface area contributed by atoms with E-state index in [1.54, 1.807) is 14.2 Å². The SMILES string of the molecule is CCCC(CNCCOC)OC. The summed E-state index contributed by atoms with van der Waals surface area (Å²) in [5.41, 5.74) is 0.